The van der Waals surface area contributed by atoms with Gasteiger partial charge in [0.05, 0.1) is 6.54 Å². The molecule has 0 aliphatic rings. The molecule has 0 atom stereocenters. The molecule has 0 saturated heterocycles. The van der Waals surface area contributed by atoms with Crippen molar-refractivity contribution in [1.82, 2.24) is 25.5 Å². The molecule has 3 N–H and O–H groups in total. The summed E-state index contributed by atoms with van der Waals surface area (Å²) in [5.41, 5.74) is 5.43. The number of carbonyl (C=O) groups is 1. The van der Waals surface area contributed by atoms with E-state index >= 15 is 0 Å². The number of nitrogens with two attached hydrogens (primary N) is 1. The van der Waals surface area contributed by atoms with Crippen LogP contribution in [0.4, 0.5) is 5.95 Å². The minimum Gasteiger partial charge on any atom is -0.367 e. The van der Waals surface area contributed by atoms with Crippen molar-refractivity contribution >= 4 is 23.2 Å². The van der Waals surface area contributed by atoms with Crippen LogP contribution in [0, 0.1) is 0 Å². The van der Waals surface area contributed by atoms with E-state index in [9.17, 15) is 4.79 Å². The highest BCUT2D eigenvalue weighted by atomic mass is 32.1. The zero-order valence-corrected chi connectivity index (χ0v) is 9.15. The first kappa shape index (κ1) is 10.6. The van der Waals surface area contributed by atoms with Crippen molar-refractivity contribution in [1.29, 1.82) is 0 Å². The van der Waals surface area contributed by atoms with Crippen LogP contribution in [0.3, 0.4) is 0 Å². The largest absolute Gasteiger partial charge is 0.367 e. The van der Waals surface area contributed by atoms with Crippen LogP contribution in [0.15, 0.2) is 17.5 Å². The predicted octanol–water partition coefficient (Wildman–Crippen LogP) is -0.367. The molecule has 16 heavy (non-hydrogen) atoms. The lowest BCUT2D eigenvalue weighted by Crippen LogP contribution is -2.27. The smallest absolute Gasteiger partial charge is 0.242 e. The van der Waals surface area contributed by atoms with Crippen LogP contribution in [-0.2, 0) is 17.9 Å². The van der Waals surface area contributed by atoms with E-state index in [-0.39, 0.29) is 18.4 Å². The Bertz CT molecular complexity index is 465. The Morgan fingerprint density at radius 1 is 1.62 bits per heavy atom. The third-order valence-corrected chi connectivity index (χ3v) is 2.77. The highest BCUT2D eigenvalue weighted by Gasteiger charge is 2.07. The second-order valence-corrected chi connectivity index (χ2v) is 4.08. The highest BCUT2D eigenvalue weighted by molar-refractivity contribution is 7.09. The van der Waals surface area contributed by atoms with E-state index in [0.29, 0.717) is 6.54 Å². The van der Waals surface area contributed by atoms with Crippen LogP contribution in [0.5, 0.6) is 0 Å². The lowest BCUT2D eigenvalue weighted by molar-refractivity contribution is -0.122. The molecule has 0 aromatic carbocycles. The van der Waals surface area contributed by atoms with E-state index in [4.69, 9.17) is 5.73 Å². The van der Waals surface area contributed by atoms with Gasteiger partial charge < -0.3 is 11.1 Å². The molecule has 0 spiro atoms. The number of nitrogen functional groups attached to an aromatic ring is 1. The normalized spacial score (nSPS) is 10.2. The summed E-state index contributed by atoms with van der Waals surface area (Å²) < 4.78 is 1.24. The minimum atomic E-state index is -0.174. The zero-order valence-electron chi connectivity index (χ0n) is 8.33. The van der Waals surface area contributed by atoms with Gasteiger partial charge in [-0.25, -0.2) is 4.68 Å². The number of thiophene rings is 1. The molecule has 0 radical (unpaired) electrons. The molecule has 2 heterocycles. The predicted molar refractivity (Wildman–Crippen MR) is 58.4 cm³/mol. The maximum Gasteiger partial charge on any atom is 0.242 e. The van der Waals surface area contributed by atoms with E-state index in [1.54, 1.807) is 11.3 Å². The molecule has 2 rings (SSSR count). The summed E-state index contributed by atoms with van der Waals surface area (Å²) in [7, 11) is 0. The molecule has 7 nitrogen and oxygen atoms in total. The van der Waals surface area contributed by atoms with Crippen molar-refractivity contribution in [2.75, 3.05) is 5.73 Å². The Balaban J connectivity index is 1.83. The number of aromatic nitrogens is 4. The molecule has 0 bridgehead atoms. The second-order valence-electron chi connectivity index (χ2n) is 3.05. The van der Waals surface area contributed by atoms with Gasteiger partial charge in [-0.05, 0) is 21.9 Å². The molecular weight excluding hydrogens is 228 g/mol. The van der Waals surface area contributed by atoms with Crippen LogP contribution in [0.1, 0.15) is 4.88 Å². The third kappa shape index (κ3) is 2.54. The van der Waals surface area contributed by atoms with Gasteiger partial charge in [0, 0.05) is 4.88 Å². The third-order valence-electron chi connectivity index (χ3n) is 1.89. The van der Waals surface area contributed by atoms with Gasteiger partial charge in [-0.1, -0.05) is 11.2 Å². The molecule has 0 aliphatic heterocycles. The molecule has 0 fully saturated rings. The van der Waals surface area contributed by atoms with Gasteiger partial charge in [0.2, 0.25) is 11.9 Å². The van der Waals surface area contributed by atoms with E-state index < -0.39 is 0 Å². The Labute approximate surface area is 95.3 Å². The standard InChI is InChI=1S/C8H10N6OS/c9-8-11-12-13-14(8)5-7(15)10-4-6-2-1-3-16-6/h1-3H,4-5H2,(H,10,15)(H2,9,11,13). The fraction of sp³-hybridized carbons (Fsp3) is 0.250. The summed E-state index contributed by atoms with van der Waals surface area (Å²) in [5.74, 6) is -0.0429. The number of nitrogens with one attached hydrogen (secondary N) is 1. The van der Waals surface area contributed by atoms with Gasteiger partial charge in [-0.2, -0.15) is 0 Å². The Kier molecular flexibility index (Phi) is 3.10. The number of nitrogens with zero attached hydrogens (tertiary/aromatic N) is 4. The van der Waals surface area contributed by atoms with Crippen molar-refractivity contribution in [2.45, 2.75) is 13.1 Å². The Morgan fingerprint density at radius 2 is 2.50 bits per heavy atom. The van der Waals surface area contributed by atoms with E-state index in [1.165, 1.54) is 4.68 Å². The van der Waals surface area contributed by atoms with Gasteiger partial charge in [0.25, 0.3) is 0 Å². The van der Waals surface area contributed by atoms with E-state index in [0.717, 1.165) is 4.88 Å². The average molecular weight is 238 g/mol. The number of hydrogen-bond acceptors (Lipinski definition) is 6. The first-order chi connectivity index (χ1) is 7.75. The van der Waals surface area contributed by atoms with Crippen LogP contribution >= 0.6 is 11.3 Å². The fourth-order valence-corrected chi connectivity index (χ4v) is 1.76. The van der Waals surface area contributed by atoms with Crippen LogP contribution in [0.25, 0.3) is 0 Å². The first-order valence-electron chi connectivity index (χ1n) is 4.56. The summed E-state index contributed by atoms with van der Waals surface area (Å²) in [5, 5.41) is 15.1. The SMILES string of the molecule is Nc1nnnn1CC(=O)NCc1cccs1. The lowest BCUT2D eigenvalue weighted by Gasteiger charge is -2.03. The second kappa shape index (κ2) is 4.71. The zero-order chi connectivity index (χ0) is 11.4. The molecule has 8 heteroatoms. The molecule has 2 aromatic heterocycles. The van der Waals surface area contributed by atoms with E-state index in [2.05, 4.69) is 20.8 Å². The van der Waals surface area contributed by atoms with Gasteiger partial charge in [0.15, 0.2) is 0 Å². The molecule has 0 saturated carbocycles. The monoisotopic (exact) mass is 238 g/mol. The topological polar surface area (TPSA) is 98.7 Å². The minimum absolute atomic E-state index is 0.0320. The molecular formula is C8H10N6OS. The maximum atomic E-state index is 11.5. The van der Waals surface area contributed by atoms with Crippen molar-refractivity contribution in [3.8, 4) is 0 Å². The summed E-state index contributed by atoms with van der Waals surface area (Å²) in [6.07, 6.45) is 0. The van der Waals surface area contributed by atoms with Gasteiger partial charge >= 0.3 is 0 Å². The van der Waals surface area contributed by atoms with Crippen LogP contribution in [-0.4, -0.2) is 26.1 Å². The van der Waals surface area contributed by atoms with Crippen molar-refractivity contribution in [3.05, 3.63) is 22.4 Å². The summed E-state index contributed by atoms with van der Waals surface area (Å²) >= 11 is 1.59. The molecule has 2 aromatic rings. The number of tetrazole rings is 1. The van der Waals surface area contributed by atoms with Crippen LogP contribution < -0.4 is 11.1 Å². The first-order valence-corrected chi connectivity index (χ1v) is 5.44. The summed E-state index contributed by atoms with van der Waals surface area (Å²) in [6, 6.07) is 3.89. The van der Waals surface area contributed by atoms with Gasteiger partial charge in [-0.3, -0.25) is 4.79 Å². The molecule has 0 unspecified atom stereocenters. The molecule has 84 valence electrons. The number of amides is 1. The number of anilines is 1. The van der Waals surface area contributed by atoms with Crippen molar-refractivity contribution in [2.24, 2.45) is 0 Å². The summed E-state index contributed by atoms with van der Waals surface area (Å²) in [6.45, 7) is 0.544. The molecule has 1 amide bonds. The lowest BCUT2D eigenvalue weighted by atomic mass is 10.4. The van der Waals surface area contributed by atoms with Crippen LogP contribution in [0.2, 0.25) is 0 Å². The Morgan fingerprint density at radius 3 is 3.12 bits per heavy atom. The van der Waals surface area contributed by atoms with Gasteiger partial charge in [0.1, 0.15) is 6.54 Å². The van der Waals surface area contributed by atoms with E-state index in [1.807, 2.05) is 17.5 Å². The number of carbonyl (C=O) groups excluding carboxylic acids is 1. The number of rotatable bonds is 4. The Hall–Kier alpha value is -1.96. The molecule has 0 aliphatic carbocycles. The highest BCUT2D eigenvalue weighted by Crippen LogP contribution is 2.07. The quantitative estimate of drug-likeness (QED) is 0.757. The van der Waals surface area contributed by atoms with Crippen molar-refractivity contribution < 1.29 is 4.79 Å². The maximum absolute atomic E-state index is 11.5. The summed E-state index contributed by atoms with van der Waals surface area (Å²) in [4.78, 5) is 12.6. The fourth-order valence-electron chi connectivity index (χ4n) is 1.11. The van der Waals surface area contributed by atoms with Crippen molar-refractivity contribution in [3.63, 3.8) is 0 Å². The number of hydrogen-bond donors (Lipinski definition) is 2. The van der Waals surface area contributed by atoms with Gasteiger partial charge in [-0.15, -0.1) is 11.3 Å². The average Bonchev–Trinajstić information content (AvgIpc) is 2.88.